The van der Waals surface area contributed by atoms with E-state index in [-0.39, 0.29) is 4.90 Å². The van der Waals surface area contributed by atoms with E-state index in [2.05, 4.69) is 31.9 Å². The van der Waals surface area contributed by atoms with Crippen LogP contribution in [0.1, 0.15) is 12.8 Å². The molecule has 1 aromatic carbocycles. The van der Waals surface area contributed by atoms with Crippen molar-refractivity contribution in [3.05, 3.63) is 27.1 Å². The maximum absolute atomic E-state index is 12.5. The van der Waals surface area contributed by atoms with E-state index in [4.69, 9.17) is 5.26 Å². The third-order valence-corrected chi connectivity index (χ3v) is 6.23. The van der Waals surface area contributed by atoms with Crippen LogP contribution in [0.2, 0.25) is 0 Å². The first-order chi connectivity index (χ1) is 8.46. The summed E-state index contributed by atoms with van der Waals surface area (Å²) in [5, 5.41) is 8.99. The number of nitriles is 1. The van der Waals surface area contributed by atoms with Crippen LogP contribution in [0.4, 0.5) is 0 Å². The maximum atomic E-state index is 12.5. The molecule has 4 nitrogen and oxygen atoms in total. The summed E-state index contributed by atoms with van der Waals surface area (Å²) < 4.78 is 27.5. The number of nitrogens with zero attached hydrogens (tertiary/aromatic N) is 2. The molecule has 1 fully saturated rings. The van der Waals surface area contributed by atoms with Crippen LogP contribution in [-0.2, 0) is 10.0 Å². The van der Waals surface area contributed by atoms with E-state index in [0.717, 1.165) is 6.42 Å². The van der Waals surface area contributed by atoms with E-state index >= 15 is 0 Å². The molecular weight excluding hydrogens is 384 g/mol. The molecule has 1 aromatic rings. The fraction of sp³-hybridized carbons (Fsp3) is 0.364. The highest BCUT2D eigenvalue weighted by molar-refractivity contribution is 9.11. The average molecular weight is 394 g/mol. The Morgan fingerprint density at radius 3 is 2.78 bits per heavy atom. The Hall–Kier alpha value is -0.420. The first-order valence-corrected chi connectivity index (χ1v) is 8.36. The van der Waals surface area contributed by atoms with Crippen molar-refractivity contribution in [2.45, 2.75) is 23.8 Å². The summed E-state index contributed by atoms with van der Waals surface area (Å²) in [6.07, 6.45) is 1.32. The summed E-state index contributed by atoms with van der Waals surface area (Å²) in [6.45, 7) is 0.402. The molecule has 1 aliphatic rings. The summed E-state index contributed by atoms with van der Waals surface area (Å²) >= 11 is 6.51. The zero-order chi connectivity index (χ0) is 13.3. The van der Waals surface area contributed by atoms with Gasteiger partial charge in [0.25, 0.3) is 0 Å². The maximum Gasteiger partial charge on any atom is 0.245 e. The molecule has 1 unspecified atom stereocenters. The highest BCUT2D eigenvalue weighted by atomic mass is 79.9. The Morgan fingerprint density at radius 1 is 1.39 bits per heavy atom. The second-order valence-corrected chi connectivity index (χ2v) is 7.61. The predicted octanol–water partition coefficient (Wildman–Crippen LogP) is 2.89. The van der Waals surface area contributed by atoms with Gasteiger partial charge in [-0.3, -0.25) is 0 Å². The second kappa shape index (κ2) is 5.29. The third kappa shape index (κ3) is 2.48. The molecule has 0 spiro atoms. The lowest BCUT2D eigenvalue weighted by atomic mass is 10.2. The van der Waals surface area contributed by atoms with Gasteiger partial charge in [-0.1, -0.05) is 15.9 Å². The molecular formula is C11H10Br2N2O2S. The van der Waals surface area contributed by atoms with Crippen molar-refractivity contribution < 1.29 is 8.42 Å². The van der Waals surface area contributed by atoms with Gasteiger partial charge in [-0.05, 0) is 47.0 Å². The summed E-state index contributed by atoms with van der Waals surface area (Å²) in [6, 6.07) is 6.47. The third-order valence-electron chi connectivity index (χ3n) is 2.83. The van der Waals surface area contributed by atoms with Crippen LogP contribution in [0.3, 0.4) is 0 Å². The number of hydrogen-bond donors (Lipinski definition) is 0. The molecule has 2 rings (SSSR count). The fourth-order valence-corrected chi connectivity index (χ4v) is 5.03. The number of sulfonamides is 1. The van der Waals surface area contributed by atoms with Gasteiger partial charge < -0.3 is 0 Å². The molecule has 0 aromatic heterocycles. The molecule has 1 heterocycles. The first-order valence-electron chi connectivity index (χ1n) is 5.33. The zero-order valence-electron chi connectivity index (χ0n) is 9.31. The number of hydrogen-bond acceptors (Lipinski definition) is 3. The average Bonchev–Trinajstić information content (AvgIpc) is 2.81. The van der Waals surface area contributed by atoms with Crippen molar-refractivity contribution in [2.24, 2.45) is 0 Å². The van der Waals surface area contributed by atoms with Gasteiger partial charge in [-0.25, -0.2) is 8.42 Å². The molecule has 0 bridgehead atoms. The van der Waals surface area contributed by atoms with Crippen LogP contribution in [0.5, 0.6) is 0 Å². The molecule has 0 saturated carbocycles. The molecule has 7 heteroatoms. The van der Waals surface area contributed by atoms with Gasteiger partial charge in [0.1, 0.15) is 6.04 Å². The van der Waals surface area contributed by atoms with Crippen LogP contribution >= 0.6 is 31.9 Å². The van der Waals surface area contributed by atoms with Crippen molar-refractivity contribution in [3.63, 3.8) is 0 Å². The van der Waals surface area contributed by atoms with Gasteiger partial charge in [-0.2, -0.15) is 9.57 Å². The summed E-state index contributed by atoms with van der Waals surface area (Å²) in [5.41, 5.74) is 0. The molecule has 0 N–H and O–H groups in total. The van der Waals surface area contributed by atoms with E-state index in [0.29, 0.717) is 21.9 Å². The first kappa shape index (κ1) is 14.0. The minimum absolute atomic E-state index is 0.194. The fourth-order valence-electron chi connectivity index (χ4n) is 1.96. The molecule has 18 heavy (non-hydrogen) atoms. The molecule has 0 amide bonds. The van der Waals surface area contributed by atoms with Gasteiger partial charge in [-0.15, -0.1) is 0 Å². The van der Waals surface area contributed by atoms with Crippen LogP contribution in [-0.4, -0.2) is 25.3 Å². The predicted molar refractivity (Wildman–Crippen MR) is 74.4 cm³/mol. The van der Waals surface area contributed by atoms with Gasteiger partial charge in [0.05, 0.1) is 11.0 Å². The Labute approximate surface area is 123 Å². The number of halogens is 2. The van der Waals surface area contributed by atoms with Gasteiger partial charge in [0, 0.05) is 15.5 Å². The largest absolute Gasteiger partial charge is 0.245 e. The zero-order valence-corrected chi connectivity index (χ0v) is 13.3. The van der Waals surface area contributed by atoms with E-state index in [9.17, 15) is 8.42 Å². The molecule has 0 aliphatic carbocycles. The van der Waals surface area contributed by atoms with Gasteiger partial charge in [0.2, 0.25) is 10.0 Å². The standard InChI is InChI=1S/C11H10Br2N2O2S/c12-8-3-4-10(13)11(6-8)18(16,17)15-5-1-2-9(15)7-14/h3-4,6,9H,1-2,5H2. The Kier molecular flexibility index (Phi) is 4.11. The van der Waals surface area contributed by atoms with Crippen molar-refractivity contribution in [1.82, 2.24) is 4.31 Å². The minimum Gasteiger partial charge on any atom is -0.207 e. The Bertz CT molecular complexity index is 610. The van der Waals surface area contributed by atoms with Crippen LogP contribution in [0.25, 0.3) is 0 Å². The smallest absolute Gasteiger partial charge is 0.207 e. The lowest BCUT2D eigenvalue weighted by molar-refractivity contribution is 0.437. The lowest BCUT2D eigenvalue weighted by Crippen LogP contribution is -2.34. The van der Waals surface area contributed by atoms with E-state index in [1.807, 2.05) is 6.07 Å². The van der Waals surface area contributed by atoms with Crippen molar-refractivity contribution >= 4 is 41.9 Å². The second-order valence-electron chi connectivity index (χ2n) is 3.98. The normalized spacial score (nSPS) is 20.8. The summed E-state index contributed by atoms with van der Waals surface area (Å²) in [5.74, 6) is 0. The van der Waals surface area contributed by atoms with Crippen LogP contribution < -0.4 is 0 Å². The van der Waals surface area contributed by atoms with E-state index in [1.54, 1.807) is 18.2 Å². The van der Waals surface area contributed by atoms with Gasteiger partial charge >= 0.3 is 0 Å². The molecule has 1 aliphatic heterocycles. The topological polar surface area (TPSA) is 61.2 Å². The molecule has 96 valence electrons. The van der Waals surface area contributed by atoms with Crippen molar-refractivity contribution in [2.75, 3.05) is 6.54 Å². The Balaban J connectivity index is 2.49. The highest BCUT2D eigenvalue weighted by Crippen LogP contribution is 2.31. The van der Waals surface area contributed by atoms with E-state index in [1.165, 1.54) is 4.31 Å². The summed E-state index contributed by atoms with van der Waals surface area (Å²) in [4.78, 5) is 0.194. The molecule has 1 saturated heterocycles. The molecule has 1 atom stereocenters. The highest BCUT2D eigenvalue weighted by Gasteiger charge is 2.36. The lowest BCUT2D eigenvalue weighted by Gasteiger charge is -2.20. The monoisotopic (exact) mass is 392 g/mol. The quantitative estimate of drug-likeness (QED) is 0.775. The Morgan fingerprint density at radius 2 is 2.11 bits per heavy atom. The summed E-state index contributed by atoms with van der Waals surface area (Å²) in [7, 11) is -3.62. The van der Waals surface area contributed by atoms with Crippen LogP contribution in [0, 0.1) is 11.3 Å². The molecule has 0 radical (unpaired) electrons. The van der Waals surface area contributed by atoms with Crippen LogP contribution in [0.15, 0.2) is 32.0 Å². The number of rotatable bonds is 2. The minimum atomic E-state index is -3.62. The number of benzene rings is 1. The van der Waals surface area contributed by atoms with Gasteiger partial charge in [0.15, 0.2) is 0 Å². The SMILES string of the molecule is N#CC1CCCN1S(=O)(=O)c1cc(Br)ccc1Br. The van der Waals surface area contributed by atoms with E-state index < -0.39 is 16.1 Å². The van der Waals surface area contributed by atoms with Crippen molar-refractivity contribution in [3.8, 4) is 6.07 Å². The van der Waals surface area contributed by atoms with Crippen molar-refractivity contribution in [1.29, 1.82) is 5.26 Å².